The van der Waals surface area contributed by atoms with Gasteiger partial charge in [0.1, 0.15) is 5.52 Å². The van der Waals surface area contributed by atoms with Crippen LogP contribution in [0.2, 0.25) is 0 Å². The van der Waals surface area contributed by atoms with Crippen LogP contribution in [0.15, 0.2) is 23.0 Å². The van der Waals surface area contributed by atoms with E-state index in [4.69, 9.17) is 0 Å². The molecule has 0 bridgehead atoms. The summed E-state index contributed by atoms with van der Waals surface area (Å²) in [4.78, 5) is 17.3. The third-order valence-corrected chi connectivity index (χ3v) is 1.82. The SMILES string of the molecule is Cc1ccc2cc(=O)[nH]c(O)c2n1. The Kier molecular flexibility index (Phi) is 1.55. The fraction of sp³-hybridized carbons (Fsp3) is 0.111. The minimum Gasteiger partial charge on any atom is -0.493 e. The van der Waals surface area contributed by atoms with E-state index in [1.807, 2.05) is 6.92 Å². The zero-order chi connectivity index (χ0) is 9.42. The van der Waals surface area contributed by atoms with Gasteiger partial charge in [-0.15, -0.1) is 0 Å². The number of rotatable bonds is 0. The van der Waals surface area contributed by atoms with Crippen LogP contribution >= 0.6 is 0 Å². The van der Waals surface area contributed by atoms with Crippen molar-refractivity contribution in [3.05, 3.63) is 34.2 Å². The van der Waals surface area contributed by atoms with Gasteiger partial charge in [-0.1, -0.05) is 6.07 Å². The summed E-state index contributed by atoms with van der Waals surface area (Å²) in [6.07, 6.45) is 0. The van der Waals surface area contributed by atoms with Crippen molar-refractivity contribution in [2.24, 2.45) is 0 Å². The first-order valence-electron chi connectivity index (χ1n) is 3.86. The van der Waals surface area contributed by atoms with Gasteiger partial charge in [-0.05, 0) is 13.0 Å². The maximum Gasteiger partial charge on any atom is 0.251 e. The molecule has 4 nitrogen and oxygen atoms in total. The highest BCUT2D eigenvalue weighted by Gasteiger charge is 2.02. The number of nitrogens with one attached hydrogen (secondary N) is 1. The molecule has 0 aliphatic carbocycles. The normalized spacial score (nSPS) is 10.5. The molecule has 2 N–H and O–H groups in total. The Balaban J connectivity index is 2.95. The van der Waals surface area contributed by atoms with Crippen LogP contribution in [0.5, 0.6) is 5.88 Å². The number of H-pyrrole nitrogens is 1. The number of fused-ring (bicyclic) bond motifs is 1. The van der Waals surface area contributed by atoms with Crippen LogP contribution in [0, 0.1) is 6.92 Å². The number of aromatic amines is 1. The first kappa shape index (κ1) is 7.79. The Morgan fingerprint density at radius 3 is 3.00 bits per heavy atom. The molecule has 0 saturated carbocycles. The molecule has 66 valence electrons. The van der Waals surface area contributed by atoms with Gasteiger partial charge in [0.2, 0.25) is 5.88 Å². The van der Waals surface area contributed by atoms with Gasteiger partial charge < -0.3 is 5.11 Å². The van der Waals surface area contributed by atoms with Crippen molar-refractivity contribution in [1.29, 1.82) is 0 Å². The van der Waals surface area contributed by atoms with Crippen LogP contribution in [0.25, 0.3) is 10.9 Å². The summed E-state index contributed by atoms with van der Waals surface area (Å²) in [6, 6.07) is 4.95. The van der Waals surface area contributed by atoms with Crippen LogP contribution < -0.4 is 5.56 Å². The summed E-state index contributed by atoms with van der Waals surface area (Å²) in [5.74, 6) is -0.175. The molecule has 0 radical (unpaired) electrons. The topological polar surface area (TPSA) is 66.0 Å². The molecular formula is C9H8N2O2. The van der Waals surface area contributed by atoms with E-state index in [9.17, 15) is 9.90 Å². The second-order valence-electron chi connectivity index (χ2n) is 2.87. The summed E-state index contributed by atoms with van der Waals surface area (Å²) >= 11 is 0. The Morgan fingerprint density at radius 2 is 2.23 bits per heavy atom. The van der Waals surface area contributed by atoms with Gasteiger partial charge in [-0.3, -0.25) is 9.78 Å². The van der Waals surface area contributed by atoms with Crippen molar-refractivity contribution in [3.63, 3.8) is 0 Å². The number of hydrogen-bond acceptors (Lipinski definition) is 3. The van der Waals surface area contributed by atoms with Crippen molar-refractivity contribution >= 4 is 10.9 Å². The van der Waals surface area contributed by atoms with E-state index in [-0.39, 0.29) is 11.4 Å². The second kappa shape index (κ2) is 2.58. The van der Waals surface area contributed by atoms with Crippen LogP contribution in [0.1, 0.15) is 5.69 Å². The van der Waals surface area contributed by atoms with E-state index in [0.717, 1.165) is 5.69 Å². The Morgan fingerprint density at radius 1 is 1.46 bits per heavy atom. The van der Waals surface area contributed by atoms with E-state index >= 15 is 0 Å². The average Bonchev–Trinajstić information content (AvgIpc) is 2.06. The minimum absolute atomic E-state index is 0.175. The highest BCUT2D eigenvalue weighted by Crippen LogP contribution is 2.17. The molecule has 0 aliphatic heterocycles. The first-order chi connectivity index (χ1) is 6.16. The number of aromatic nitrogens is 2. The van der Waals surface area contributed by atoms with Crippen molar-refractivity contribution in [3.8, 4) is 5.88 Å². The van der Waals surface area contributed by atoms with E-state index in [1.165, 1.54) is 6.07 Å². The summed E-state index contributed by atoms with van der Waals surface area (Å²) in [6.45, 7) is 1.82. The Labute approximate surface area is 73.9 Å². The smallest absolute Gasteiger partial charge is 0.251 e. The monoisotopic (exact) mass is 176 g/mol. The van der Waals surface area contributed by atoms with Crippen LogP contribution in [0.3, 0.4) is 0 Å². The molecule has 0 fully saturated rings. The molecule has 0 saturated heterocycles. The third-order valence-electron chi connectivity index (χ3n) is 1.82. The largest absolute Gasteiger partial charge is 0.493 e. The summed E-state index contributed by atoms with van der Waals surface area (Å²) in [7, 11) is 0. The van der Waals surface area contributed by atoms with Gasteiger partial charge in [0.25, 0.3) is 5.56 Å². The number of aromatic hydroxyl groups is 1. The molecular weight excluding hydrogens is 168 g/mol. The van der Waals surface area contributed by atoms with Crippen LogP contribution in [-0.2, 0) is 0 Å². The number of aryl methyl sites for hydroxylation is 1. The standard InChI is InChI=1S/C9H8N2O2/c1-5-2-3-6-4-7(12)11-9(13)8(6)10-5/h2-4H,1H3,(H2,11,12,13). The maximum atomic E-state index is 10.9. The molecule has 0 unspecified atom stereocenters. The summed E-state index contributed by atoms with van der Waals surface area (Å²) < 4.78 is 0. The van der Waals surface area contributed by atoms with E-state index in [0.29, 0.717) is 10.9 Å². The van der Waals surface area contributed by atoms with Crippen molar-refractivity contribution in [1.82, 2.24) is 9.97 Å². The van der Waals surface area contributed by atoms with Crippen LogP contribution in [0.4, 0.5) is 0 Å². The molecule has 2 aromatic rings. The van der Waals surface area contributed by atoms with Crippen LogP contribution in [-0.4, -0.2) is 15.1 Å². The molecule has 0 aromatic carbocycles. The predicted molar refractivity (Wildman–Crippen MR) is 48.8 cm³/mol. The lowest BCUT2D eigenvalue weighted by molar-refractivity contribution is 0.457. The molecule has 0 atom stereocenters. The molecule has 0 aliphatic rings. The van der Waals surface area contributed by atoms with Gasteiger partial charge in [0, 0.05) is 17.1 Å². The molecule has 4 heteroatoms. The molecule has 2 aromatic heterocycles. The maximum absolute atomic E-state index is 10.9. The Hall–Kier alpha value is -1.84. The lowest BCUT2D eigenvalue weighted by Gasteiger charge is -1.99. The van der Waals surface area contributed by atoms with Crippen molar-refractivity contribution < 1.29 is 5.11 Å². The van der Waals surface area contributed by atoms with E-state index in [2.05, 4.69) is 9.97 Å². The van der Waals surface area contributed by atoms with E-state index in [1.54, 1.807) is 12.1 Å². The Bertz CT molecular complexity index is 516. The fourth-order valence-electron chi connectivity index (χ4n) is 1.23. The summed E-state index contributed by atoms with van der Waals surface area (Å²) in [5.41, 5.74) is 0.908. The second-order valence-corrected chi connectivity index (χ2v) is 2.87. The highest BCUT2D eigenvalue weighted by atomic mass is 16.3. The van der Waals surface area contributed by atoms with Gasteiger partial charge in [-0.2, -0.15) is 0 Å². The van der Waals surface area contributed by atoms with Crippen molar-refractivity contribution in [2.75, 3.05) is 0 Å². The molecule has 2 rings (SSSR count). The fourth-order valence-corrected chi connectivity index (χ4v) is 1.23. The molecule has 2 heterocycles. The minimum atomic E-state index is -0.323. The van der Waals surface area contributed by atoms with Gasteiger partial charge in [0.15, 0.2) is 0 Å². The first-order valence-corrected chi connectivity index (χ1v) is 3.86. The lowest BCUT2D eigenvalue weighted by atomic mass is 10.2. The quantitative estimate of drug-likeness (QED) is 0.627. The third kappa shape index (κ3) is 1.26. The number of pyridine rings is 2. The molecule has 0 amide bonds. The number of nitrogens with zero attached hydrogens (tertiary/aromatic N) is 1. The van der Waals surface area contributed by atoms with Gasteiger partial charge in [0.05, 0.1) is 0 Å². The highest BCUT2D eigenvalue weighted by molar-refractivity contribution is 5.82. The van der Waals surface area contributed by atoms with Gasteiger partial charge >= 0.3 is 0 Å². The lowest BCUT2D eigenvalue weighted by Crippen LogP contribution is -2.03. The van der Waals surface area contributed by atoms with Gasteiger partial charge in [-0.25, -0.2) is 4.98 Å². The molecule has 0 spiro atoms. The summed E-state index contributed by atoms with van der Waals surface area (Å²) in [5, 5.41) is 10.0. The zero-order valence-corrected chi connectivity index (χ0v) is 7.03. The zero-order valence-electron chi connectivity index (χ0n) is 7.03. The molecule has 13 heavy (non-hydrogen) atoms. The van der Waals surface area contributed by atoms with E-state index < -0.39 is 0 Å². The van der Waals surface area contributed by atoms with Crippen molar-refractivity contribution in [2.45, 2.75) is 6.92 Å². The number of hydrogen-bond donors (Lipinski definition) is 2. The average molecular weight is 176 g/mol. The predicted octanol–water partition coefficient (Wildman–Crippen LogP) is 0.937.